The minimum absolute atomic E-state index is 0.000278. The fraction of sp³-hybridized carbons (Fsp3) is 0.237. The molecule has 0 aliphatic heterocycles. The first-order valence-corrected chi connectivity index (χ1v) is 44.5. The minimum Gasteiger partial charge on any atom is -0.508 e. The van der Waals surface area contributed by atoms with Gasteiger partial charge in [0.25, 0.3) is 0 Å². The largest absolute Gasteiger partial charge is 0.508 e. The van der Waals surface area contributed by atoms with Gasteiger partial charge in [0.05, 0.1) is 74.8 Å². The molecule has 0 spiro atoms. The highest BCUT2D eigenvalue weighted by Crippen LogP contribution is 2.21. The number of esters is 3. The van der Waals surface area contributed by atoms with E-state index in [4.69, 9.17) is 56.3 Å². The number of aromatic hydroxyl groups is 6. The van der Waals surface area contributed by atoms with Gasteiger partial charge in [-0.15, -0.1) is 0 Å². The molecule has 0 atom stereocenters. The molecule has 0 unspecified atom stereocenters. The predicted molar refractivity (Wildman–Crippen MR) is 534 cm³/mol. The van der Waals surface area contributed by atoms with Gasteiger partial charge in [0.1, 0.15) is 75.2 Å². The number of nitrogens with zero attached hydrogens (tertiary/aromatic N) is 3. The molecule has 23 nitrogen and oxygen atoms in total. The van der Waals surface area contributed by atoms with E-state index in [0.717, 1.165) is 51.4 Å². The van der Waals surface area contributed by atoms with Gasteiger partial charge in [0.15, 0.2) is 0 Å². The molecule has 11 aromatic carbocycles. The van der Waals surface area contributed by atoms with E-state index in [9.17, 15) is 64.3 Å². The number of methoxy groups -OCH3 is 2. The van der Waals surface area contributed by atoms with Crippen LogP contribution < -0.4 is 0 Å². The molecule has 11 aromatic rings. The number of halogens is 12. The minimum atomic E-state index is -1.34. The number of phenolic OH excluding ortho intramolecular Hbond substituents is 6. The maximum Gasteiger partial charge on any atom is 0.341 e. The molecule has 712 valence electrons. The maximum absolute atomic E-state index is 13.1. The number of aliphatic carboxylic acids is 2. The molecule has 0 heterocycles. The monoisotopic (exact) mass is 2400 g/mol. The summed E-state index contributed by atoms with van der Waals surface area (Å²) in [7, 11) is 10.8. The third kappa shape index (κ3) is 57.4. The van der Waals surface area contributed by atoms with Gasteiger partial charge in [-0.3, -0.25) is 14.4 Å². The Kier molecular flexibility index (Phi) is 64.4. The number of nitriles is 1. The molecule has 0 bridgehead atoms. The van der Waals surface area contributed by atoms with E-state index in [1.165, 1.54) is 104 Å². The van der Waals surface area contributed by atoms with Crippen LogP contribution in [-0.4, -0.2) is 164 Å². The fourth-order valence-electron chi connectivity index (χ4n) is 8.33. The van der Waals surface area contributed by atoms with Crippen molar-refractivity contribution in [2.45, 2.75) is 106 Å². The summed E-state index contributed by atoms with van der Waals surface area (Å²) >= 11 is 10.00. The number of carbonyl (C=O) groups is 7. The van der Waals surface area contributed by atoms with Crippen LogP contribution in [0.1, 0.15) is 129 Å². The zero-order valence-electron chi connectivity index (χ0n) is 74.4. The van der Waals surface area contributed by atoms with Crippen LogP contribution in [0.5, 0.6) is 34.5 Å². The second-order valence-corrected chi connectivity index (χ2v) is 33.7. The van der Waals surface area contributed by atoms with E-state index in [0.29, 0.717) is 55.0 Å². The molecular weight excluding hydrogens is 2290 g/mol. The summed E-state index contributed by atoms with van der Waals surface area (Å²) in [6.45, 7) is 16.4. The van der Waals surface area contributed by atoms with Crippen molar-refractivity contribution >= 4 is 155 Å². The SMILES string of the molecule is CC(C)N(C)C.CC(C)N(C)C.CCOC(=O)c1ccc(O)cc1F.CCc1ccc(O)cc1.CCc1cccc(O)c1.COC(=O)Cc1ccc(I)cc1F.COC(=O)c1ccc(I)cc1F.Cc1ccc(I)cc1F.N#CCc1ccc(I)cc1F.O=C(O)Cc1ccc(O)cc1.O=C(O)Cc1cccc(O)c1.O=C(O)c1ccc(I)cc1F.O=C(O)c1ccc(O)cc1F. The number of aryl methyl sites for hydroxylation is 3. The lowest BCUT2D eigenvalue weighted by molar-refractivity contribution is -0.140. The molecular formula is C97H105F7I5N3O20. The number of carboxylic acid groups (broad SMARTS) is 4. The molecule has 0 aromatic heterocycles. The summed E-state index contributed by atoms with van der Waals surface area (Å²) < 4.78 is 107. The Morgan fingerprint density at radius 1 is 0.364 bits per heavy atom. The molecule has 0 amide bonds. The first-order valence-electron chi connectivity index (χ1n) is 39.1. The standard InChI is InChI=1S/C9H8FIO2.C9H9FO3.C8H5FIN.C8H6FIO2.2C8H8O3.2C8H10O.C7H4FIO2.C7H6FI.C7H5FO3.2C5H13N/c1-13-9(12)4-6-2-3-7(11)5-8(6)10;1-2-13-9(12)7-4-3-6(11)5-8(7)10;9-8-5-7(10)2-1-6(8)3-4-11;1-12-8(11)6-3-2-5(10)4-7(6)9;9-7-3-1-6(2-4-7)5-8(10)11;9-7-3-1-2-6(4-7)5-8(10)11;1-2-7-3-5-8(9)6-4-7;1-2-7-4-3-5-8(9)6-7;8-6-3-4(9)1-2-5(6)7(10)11;1-5-2-3-6(9)4-7(5)8;8-6-3-4(9)1-2-5(6)7(10)11;2*1-5(2)6(3)4/h2-3,5H,4H2,1H3;3-5,11H,2H2,1H3;1-2,5H,3H2;2-4H,1H3;2*1-4,9H,5H2,(H,10,11);2*3-6,9H,2H2,1H3;1-3H,(H,10,11);2-4H,1H3;1-3,9H,(H,10,11);2*5H,1-4H3. The Balaban J connectivity index is 0. The lowest BCUT2D eigenvalue weighted by Crippen LogP contribution is -2.20. The summed E-state index contributed by atoms with van der Waals surface area (Å²) in [6.07, 6.45) is 2.09. The number of hydrogen-bond donors (Lipinski definition) is 10. The van der Waals surface area contributed by atoms with E-state index < -0.39 is 70.6 Å². The smallest absolute Gasteiger partial charge is 0.341 e. The molecule has 0 aliphatic carbocycles. The molecule has 0 aliphatic rings. The molecule has 10 N–H and O–H groups in total. The van der Waals surface area contributed by atoms with Crippen LogP contribution in [0.3, 0.4) is 0 Å². The number of ether oxygens (including phenoxy) is 3. The van der Waals surface area contributed by atoms with Crippen LogP contribution in [0.15, 0.2) is 224 Å². The van der Waals surface area contributed by atoms with Gasteiger partial charge in [-0.25, -0.2) is 49.9 Å². The number of hydrogen-bond acceptors (Lipinski definition) is 19. The lowest BCUT2D eigenvalue weighted by Gasteiger charge is -2.12. The van der Waals surface area contributed by atoms with Crippen LogP contribution >= 0.6 is 113 Å². The quantitative estimate of drug-likeness (QED) is 0.0186. The highest BCUT2D eigenvalue weighted by molar-refractivity contribution is 14.1. The summed E-state index contributed by atoms with van der Waals surface area (Å²) in [5.41, 5.74) is 4.34. The number of phenols is 6. The average molecular weight is 2400 g/mol. The Morgan fingerprint density at radius 3 is 1.01 bits per heavy atom. The molecule has 11 rings (SSSR count). The number of carboxylic acids is 4. The molecule has 0 fully saturated rings. The van der Waals surface area contributed by atoms with Gasteiger partial charge in [-0.05, 0) is 375 Å². The molecule has 0 saturated heterocycles. The molecule has 0 radical (unpaired) electrons. The van der Waals surface area contributed by atoms with Crippen molar-refractivity contribution < 1.29 is 130 Å². The topological polar surface area (TPSA) is 380 Å². The second-order valence-electron chi connectivity index (χ2n) is 27.5. The number of aromatic carboxylic acids is 2. The fourth-order valence-corrected chi connectivity index (χ4v) is 10.6. The number of rotatable bonds is 16. The third-order valence-electron chi connectivity index (χ3n) is 16.4. The van der Waals surface area contributed by atoms with E-state index in [2.05, 4.69) is 116 Å². The highest BCUT2D eigenvalue weighted by atomic mass is 127. The van der Waals surface area contributed by atoms with Crippen molar-refractivity contribution in [3.05, 3.63) is 344 Å². The van der Waals surface area contributed by atoms with Crippen LogP contribution in [0, 0.1) is 76.8 Å². The summed E-state index contributed by atoms with van der Waals surface area (Å²) in [4.78, 5) is 78.0. The second kappa shape index (κ2) is 69.0. The van der Waals surface area contributed by atoms with Crippen LogP contribution in [0.25, 0.3) is 0 Å². The lowest BCUT2D eigenvalue weighted by atomic mass is 10.1. The summed E-state index contributed by atoms with van der Waals surface area (Å²) in [5, 5.41) is 94.9. The number of carbonyl (C=O) groups excluding carboxylic acids is 3. The van der Waals surface area contributed by atoms with Gasteiger partial charge < -0.3 is 75.1 Å². The summed E-state index contributed by atoms with van der Waals surface area (Å²) in [6, 6.07) is 59.4. The van der Waals surface area contributed by atoms with Crippen molar-refractivity contribution in [3.8, 4) is 40.6 Å². The van der Waals surface area contributed by atoms with E-state index >= 15 is 0 Å². The Labute approximate surface area is 831 Å². The average Bonchev–Trinajstić information content (AvgIpc) is 0.858. The first kappa shape index (κ1) is 123. The zero-order chi connectivity index (χ0) is 101. The van der Waals surface area contributed by atoms with Crippen LogP contribution in [-0.2, 0) is 67.1 Å². The van der Waals surface area contributed by atoms with Crippen LogP contribution in [0.4, 0.5) is 30.7 Å². The van der Waals surface area contributed by atoms with Crippen molar-refractivity contribution in [2.24, 2.45) is 0 Å². The van der Waals surface area contributed by atoms with E-state index in [1.54, 1.807) is 105 Å². The van der Waals surface area contributed by atoms with E-state index in [1.807, 2.05) is 127 Å². The van der Waals surface area contributed by atoms with Crippen molar-refractivity contribution in [3.63, 3.8) is 0 Å². The van der Waals surface area contributed by atoms with Crippen molar-refractivity contribution in [1.29, 1.82) is 5.26 Å². The maximum atomic E-state index is 13.1. The van der Waals surface area contributed by atoms with Gasteiger partial charge >= 0.3 is 41.8 Å². The highest BCUT2D eigenvalue weighted by Gasteiger charge is 2.16. The summed E-state index contributed by atoms with van der Waals surface area (Å²) in [5.74, 6) is -9.43. The van der Waals surface area contributed by atoms with Gasteiger partial charge in [-0.2, -0.15) is 5.26 Å². The van der Waals surface area contributed by atoms with Gasteiger partial charge in [0, 0.05) is 47.6 Å². The van der Waals surface area contributed by atoms with Crippen molar-refractivity contribution in [2.75, 3.05) is 49.0 Å². The number of benzene rings is 11. The Morgan fingerprint density at radius 2 is 0.682 bits per heavy atom. The van der Waals surface area contributed by atoms with Gasteiger partial charge in [-0.1, -0.05) is 80.6 Å². The molecule has 0 saturated carbocycles. The normalized spacial score (nSPS) is 9.67. The first-order chi connectivity index (χ1) is 61.9. The van der Waals surface area contributed by atoms with Gasteiger partial charge in [0.2, 0.25) is 0 Å². The van der Waals surface area contributed by atoms with Crippen LogP contribution in [0.2, 0.25) is 0 Å². The molecule has 35 heteroatoms. The third-order valence-corrected chi connectivity index (χ3v) is 19.8. The van der Waals surface area contributed by atoms with Crippen molar-refractivity contribution in [1.82, 2.24) is 9.80 Å². The predicted octanol–water partition coefficient (Wildman–Crippen LogP) is 22.5. The molecule has 132 heavy (non-hydrogen) atoms. The zero-order valence-corrected chi connectivity index (χ0v) is 85.2. The van der Waals surface area contributed by atoms with E-state index in [-0.39, 0.29) is 89.4 Å². The Bertz CT molecular complexity index is 5340. The Hall–Kier alpha value is -10.9.